The van der Waals surface area contributed by atoms with E-state index >= 15 is 0 Å². The van der Waals surface area contributed by atoms with Crippen LogP contribution >= 0.6 is 11.8 Å². The Balaban J connectivity index is 1.65. The van der Waals surface area contributed by atoms with E-state index in [4.69, 9.17) is 4.74 Å². The summed E-state index contributed by atoms with van der Waals surface area (Å²) in [5.74, 6) is -0.171. The molecule has 1 aromatic heterocycles. The van der Waals surface area contributed by atoms with Crippen molar-refractivity contribution in [2.24, 2.45) is 0 Å². The van der Waals surface area contributed by atoms with Gasteiger partial charge < -0.3 is 9.64 Å². The molecule has 1 atom stereocenters. The van der Waals surface area contributed by atoms with Crippen molar-refractivity contribution in [3.63, 3.8) is 0 Å². The van der Waals surface area contributed by atoms with Crippen LogP contribution in [0.4, 0.5) is 0 Å². The van der Waals surface area contributed by atoms with Gasteiger partial charge in [-0.1, -0.05) is 30.0 Å². The molecule has 0 spiro atoms. The van der Waals surface area contributed by atoms with E-state index < -0.39 is 6.04 Å². The number of ether oxygens (including phenoxy) is 1. The van der Waals surface area contributed by atoms with Crippen molar-refractivity contribution in [2.45, 2.75) is 37.4 Å². The zero-order valence-electron chi connectivity index (χ0n) is 14.7. The van der Waals surface area contributed by atoms with Crippen LogP contribution in [0.3, 0.4) is 0 Å². The predicted octanol–water partition coefficient (Wildman–Crippen LogP) is 2.30. The molecule has 1 saturated heterocycles. The number of para-hydroxylation sites is 1. The molecule has 1 amide bonds. The number of carbonyl (C=O) groups is 2. The van der Waals surface area contributed by atoms with E-state index in [9.17, 15) is 9.59 Å². The van der Waals surface area contributed by atoms with E-state index in [0.29, 0.717) is 24.7 Å². The average Bonchev–Trinajstić information content (AvgIpc) is 3.15. The van der Waals surface area contributed by atoms with Crippen LogP contribution < -0.4 is 0 Å². The maximum atomic E-state index is 12.7. The van der Waals surface area contributed by atoms with Gasteiger partial charge in [-0.05, 0) is 38.3 Å². The molecule has 3 rings (SSSR count). The molecule has 138 valence electrons. The van der Waals surface area contributed by atoms with Crippen molar-refractivity contribution in [3.05, 3.63) is 36.7 Å². The Bertz CT molecular complexity index is 750. The second-order valence-electron chi connectivity index (χ2n) is 5.96. The number of likely N-dealkylation sites (tertiary alicyclic amines) is 1. The van der Waals surface area contributed by atoms with Crippen molar-refractivity contribution in [1.82, 2.24) is 19.7 Å². The van der Waals surface area contributed by atoms with Crippen LogP contribution in [-0.2, 0) is 14.3 Å². The van der Waals surface area contributed by atoms with Gasteiger partial charge in [0.25, 0.3) is 0 Å². The number of carbonyl (C=O) groups excluding carboxylic acids is 2. The van der Waals surface area contributed by atoms with Gasteiger partial charge in [-0.3, -0.25) is 9.36 Å². The van der Waals surface area contributed by atoms with Gasteiger partial charge in [0.15, 0.2) is 5.16 Å². The normalized spacial score (nSPS) is 17.1. The lowest BCUT2D eigenvalue weighted by Gasteiger charge is -2.33. The zero-order valence-corrected chi connectivity index (χ0v) is 15.5. The first kappa shape index (κ1) is 18.4. The molecular formula is C18H22N4O3S. The summed E-state index contributed by atoms with van der Waals surface area (Å²) in [6, 6.07) is 9.26. The van der Waals surface area contributed by atoms with Crippen LogP contribution in [0.25, 0.3) is 5.69 Å². The second-order valence-corrected chi connectivity index (χ2v) is 6.90. The van der Waals surface area contributed by atoms with Gasteiger partial charge in [-0.15, -0.1) is 10.2 Å². The van der Waals surface area contributed by atoms with Crippen LogP contribution in [0.5, 0.6) is 0 Å². The summed E-state index contributed by atoms with van der Waals surface area (Å²) >= 11 is 1.32. The molecule has 26 heavy (non-hydrogen) atoms. The SMILES string of the molecule is CCOC(=O)[C@@H]1CCCCN1C(=O)CSc1nncn1-c1ccccc1. The van der Waals surface area contributed by atoms with Crippen molar-refractivity contribution < 1.29 is 14.3 Å². The number of amides is 1. The lowest BCUT2D eigenvalue weighted by molar-refractivity contribution is -0.155. The minimum atomic E-state index is -0.469. The van der Waals surface area contributed by atoms with Crippen molar-refractivity contribution in [3.8, 4) is 5.69 Å². The molecule has 1 aromatic carbocycles. The first-order valence-corrected chi connectivity index (χ1v) is 9.73. The summed E-state index contributed by atoms with van der Waals surface area (Å²) < 4.78 is 6.97. The minimum Gasteiger partial charge on any atom is -0.464 e. The molecule has 0 saturated carbocycles. The summed E-state index contributed by atoms with van der Waals surface area (Å²) in [5, 5.41) is 8.70. The highest BCUT2D eigenvalue weighted by Crippen LogP contribution is 2.23. The molecule has 7 nitrogen and oxygen atoms in total. The average molecular weight is 374 g/mol. The van der Waals surface area contributed by atoms with E-state index in [1.54, 1.807) is 18.2 Å². The van der Waals surface area contributed by atoms with E-state index in [1.807, 2.05) is 34.9 Å². The van der Waals surface area contributed by atoms with Gasteiger partial charge >= 0.3 is 5.97 Å². The summed E-state index contributed by atoms with van der Waals surface area (Å²) in [6.45, 7) is 2.69. The Morgan fingerprint density at radius 3 is 2.85 bits per heavy atom. The Morgan fingerprint density at radius 2 is 2.08 bits per heavy atom. The topological polar surface area (TPSA) is 77.3 Å². The van der Waals surface area contributed by atoms with Gasteiger partial charge in [0.2, 0.25) is 5.91 Å². The van der Waals surface area contributed by atoms with E-state index in [2.05, 4.69) is 10.2 Å². The maximum Gasteiger partial charge on any atom is 0.328 e. The van der Waals surface area contributed by atoms with Gasteiger partial charge in [0.05, 0.1) is 12.4 Å². The molecule has 1 fully saturated rings. The number of piperidine rings is 1. The van der Waals surface area contributed by atoms with E-state index in [1.165, 1.54) is 11.8 Å². The first-order valence-electron chi connectivity index (χ1n) is 8.75. The smallest absolute Gasteiger partial charge is 0.328 e. The van der Waals surface area contributed by atoms with Crippen molar-refractivity contribution in [1.29, 1.82) is 0 Å². The molecule has 2 heterocycles. The highest BCUT2D eigenvalue weighted by atomic mass is 32.2. The van der Waals surface area contributed by atoms with Gasteiger partial charge in [-0.25, -0.2) is 4.79 Å². The Kier molecular flexibility index (Phi) is 6.27. The Labute approximate surface area is 156 Å². The van der Waals surface area contributed by atoms with Crippen molar-refractivity contribution in [2.75, 3.05) is 18.9 Å². The molecular weight excluding hydrogens is 352 g/mol. The fraction of sp³-hybridized carbons (Fsp3) is 0.444. The minimum absolute atomic E-state index is 0.0737. The van der Waals surface area contributed by atoms with Crippen molar-refractivity contribution >= 4 is 23.6 Å². The fourth-order valence-electron chi connectivity index (χ4n) is 3.01. The number of nitrogens with zero attached hydrogens (tertiary/aromatic N) is 4. The third kappa shape index (κ3) is 4.24. The highest BCUT2D eigenvalue weighted by molar-refractivity contribution is 7.99. The highest BCUT2D eigenvalue weighted by Gasteiger charge is 2.33. The van der Waals surface area contributed by atoms with Gasteiger partial charge in [0.1, 0.15) is 12.4 Å². The lowest BCUT2D eigenvalue weighted by Crippen LogP contribution is -2.49. The number of hydrogen-bond acceptors (Lipinski definition) is 6. The largest absolute Gasteiger partial charge is 0.464 e. The molecule has 1 aliphatic rings. The molecule has 0 N–H and O–H groups in total. The standard InChI is InChI=1S/C18H22N4O3S/c1-2-25-17(24)15-10-6-7-11-21(15)16(23)12-26-18-20-19-13-22(18)14-8-4-3-5-9-14/h3-5,8-9,13,15H,2,6-7,10-12H2,1H3/t15-/m0/s1. The van der Waals surface area contributed by atoms with Gasteiger partial charge in [-0.2, -0.15) is 0 Å². The molecule has 0 radical (unpaired) electrons. The zero-order chi connectivity index (χ0) is 18.4. The summed E-state index contributed by atoms with van der Waals surface area (Å²) in [6.07, 6.45) is 4.13. The molecule has 0 aliphatic carbocycles. The summed E-state index contributed by atoms with van der Waals surface area (Å²) in [4.78, 5) is 26.5. The van der Waals surface area contributed by atoms with Crippen LogP contribution in [0.15, 0.2) is 41.8 Å². The molecule has 0 bridgehead atoms. The molecule has 2 aromatic rings. The number of hydrogen-bond donors (Lipinski definition) is 0. The van der Waals surface area contributed by atoms with Crippen LogP contribution in [0, 0.1) is 0 Å². The number of thioether (sulfide) groups is 1. The Hall–Kier alpha value is -2.35. The number of aromatic nitrogens is 3. The number of benzene rings is 1. The molecule has 1 aliphatic heterocycles. The van der Waals surface area contributed by atoms with Crippen LogP contribution in [0.2, 0.25) is 0 Å². The molecule has 8 heteroatoms. The lowest BCUT2D eigenvalue weighted by atomic mass is 10.0. The third-order valence-electron chi connectivity index (χ3n) is 4.26. The summed E-state index contributed by atoms with van der Waals surface area (Å²) in [7, 11) is 0. The predicted molar refractivity (Wildman–Crippen MR) is 98.1 cm³/mol. The number of rotatable bonds is 6. The van der Waals surface area contributed by atoms with E-state index in [-0.39, 0.29) is 17.6 Å². The third-order valence-corrected chi connectivity index (χ3v) is 5.19. The summed E-state index contributed by atoms with van der Waals surface area (Å²) in [5.41, 5.74) is 0.940. The van der Waals surface area contributed by atoms with Crippen LogP contribution in [-0.4, -0.2) is 56.5 Å². The van der Waals surface area contributed by atoms with Gasteiger partial charge in [0, 0.05) is 12.2 Å². The second kappa shape index (κ2) is 8.84. The monoisotopic (exact) mass is 374 g/mol. The van der Waals surface area contributed by atoms with E-state index in [0.717, 1.165) is 18.5 Å². The Morgan fingerprint density at radius 1 is 1.27 bits per heavy atom. The number of esters is 1. The molecule has 0 unspecified atom stereocenters. The first-order chi connectivity index (χ1) is 12.7. The fourth-order valence-corrected chi connectivity index (χ4v) is 3.83. The maximum absolute atomic E-state index is 12.7. The van der Waals surface area contributed by atoms with Crippen LogP contribution in [0.1, 0.15) is 26.2 Å². The quantitative estimate of drug-likeness (QED) is 0.570.